The van der Waals surface area contributed by atoms with Crippen LogP contribution in [0.5, 0.6) is 0 Å². The summed E-state index contributed by atoms with van der Waals surface area (Å²) in [6, 6.07) is 5.31. The minimum absolute atomic E-state index is 0.0810. The third-order valence-corrected chi connectivity index (χ3v) is 5.18. The number of nitrogens with zero attached hydrogens (tertiary/aromatic N) is 4. The van der Waals surface area contributed by atoms with Crippen molar-refractivity contribution in [3.63, 3.8) is 0 Å². The number of hydrogen-bond donors (Lipinski definition) is 2. The lowest BCUT2D eigenvalue weighted by Gasteiger charge is -2.17. The topological polar surface area (TPSA) is 147 Å². The van der Waals surface area contributed by atoms with Gasteiger partial charge in [-0.25, -0.2) is 28.2 Å². The summed E-state index contributed by atoms with van der Waals surface area (Å²) < 4.78 is 64.3. The number of sulfonamides is 1. The van der Waals surface area contributed by atoms with Gasteiger partial charge in [-0.05, 0) is 23.8 Å². The van der Waals surface area contributed by atoms with Crippen LogP contribution >= 0.6 is 11.6 Å². The van der Waals surface area contributed by atoms with E-state index in [-0.39, 0.29) is 27.5 Å². The highest BCUT2D eigenvalue weighted by atomic mass is 35.5. The zero-order valence-electron chi connectivity index (χ0n) is 14.8. The van der Waals surface area contributed by atoms with Gasteiger partial charge in [0, 0.05) is 17.3 Å². The molecular weight excluding hydrogens is 449 g/mol. The number of nitrogens with two attached hydrogens (primary N) is 2. The Kier molecular flexibility index (Phi) is 5.54. The van der Waals surface area contributed by atoms with E-state index in [0.29, 0.717) is 11.0 Å². The summed E-state index contributed by atoms with van der Waals surface area (Å²) in [5, 5.41) is 8.55. The Morgan fingerprint density at radius 3 is 2.43 bits per heavy atom. The van der Waals surface area contributed by atoms with Gasteiger partial charge in [0.2, 0.25) is 15.9 Å². The fourth-order valence-electron chi connectivity index (χ4n) is 2.79. The van der Waals surface area contributed by atoms with Gasteiger partial charge in [-0.2, -0.15) is 13.2 Å². The third-order valence-electron chi connectivity index (χ3n) is 3.89. The molecule has 0 aliphatic carbocycles. The van der Waals surface area contributed by atoms with Crippen molar-refractivity contribution in [2.24, 2.45) is 10.9 Å². The first kappa shape index (κ1) is 21.7. The number of alkyl halides is 3. The second-order valence-corrected chi connectivity index (χ2v) is 7.84. The molecule has 0 fully saturated rings. The summed E-state index contributed by atoms with van der Waals surface area (Å²) in [5.74, 6) is -2.27. The fraction of sp³-hybridized carbons (Fsp3) is 0.125. The van der Waals surface area contributed by atoms with Crippen LogP contribution in [0.15, 0.2) is 41.7 Å². The molecule has 0 aliphatic rings. The Morgan fingerprint density at radius 1 is 1.20 bits per heavy atom. The fourth-order valence-corrected chi connectivity index (χ4v) is 3.99. The number of hydrogen-bond acceptors (Lipinski definition) is 6. The number of rotatable bonds is 5. The number of pyridine rings is 1. The highest BCUT2D eigenvalue weighted by Crippen LogP contribution is 2.38. The van der Waals surface area contributed by atoms with Crippen molar-refractivity contribution in [1.29, 1.82) is 0 Å². The molecule has 0 bridgehead atoms. The molecule has 1 aromatic carbocycles. The number of carbonyl (C=O) groups excluding carboxylic acids is 1. The number of primary amides is 1. The van der Waals surface area contributed by atoms with Gasteiger partial charge in [0.15, 0.2) is 0 Å². The van der Waals surface area contributed by atoms with Crippen molar-refractivity contribution in [1.82, 2.24) is 19.7 Å². The Balaban J connectivity index is 2.41. The van der Waals surface area contributed by atoms with E-state index < -0.39 is 39.2 Å². The van der Waals surface area contributed by atoms with E-state index in [1.54, 1.807) is 0 Å². The number of benzene rings is 1. The number of primary sulfonamides is 1. The number of aromatic nitrogens is 4. The van der Waals surface area contributed by atoms with Gasteiger partial charge < -0.3 is 5.73 Å². The van der Waals surface area contributed by atoms with Gasteiger partial charge in [0.1, 0.15) is 16.4 Å². The van der Waals surface area contributed by atoms with Gasteiger partial charge in [-0.1, -0.05) is 17.7 Å². The Hall–Kier alpha value is -3.03. The third kappa shape index (κ3) is 4.27. The number of carbonyl (C=O) groups is 1. The number of amides is 1. The quantitative estimate of drug-likeness (QED) is 0.553. The molecule has 2 heterocycles. The highest BCUT2D eigenvalue weighted by molar-refractivity contribution is 7.89. The molecular formula is C16H12ClF3N6O3S. The molecule has 2 aromatic heterocycles. The summed E-state index contributed by atoms with van der Waals surface area (Å²) in [7, 11) is -4.57. The van der Waals surface area contributed by atoms with Crippen LogP contribution in [-0.2, 0) is 27.4 Å². The van der Waals surface area contributed by atoms with E-state index in [1.807, 2.05) is 0 Å². The maximum atomic E-state index is 12.9. The van der Waals surface area contributed by atoms with Crippen molar-refractivity contribution in [2.75, 3.05) is 0 Å². The van der Waals surface area contributed by atoms with Crippen molar-refractivity contribution >= 4 is 27.5 Å². The molecule has 0 atom stereocenters. The first-order chi connectivity index (χ1) is 13.9. The van der Waals surface area contributed by atoms with Crippen LogP contribution in [0.4, 0.5) is 13.2 Å². The molecule has 14 heteroatoms. The van der Waals surface area contributed by atoms with Crippen molar-refractivity contribution < 1.29 is 26.4 Å². The lowest BCUT2D eigenvalue weighted by atomic mass is 9.97. The molecule has 1 amide bonds. The molecule has 158 valence electrons. The molecule has 0 spiro atoms. The monoisotopic (exact) mass is 460 g/mol. The zero-order chi connectivity index (χ0) is 22.3. The molecule has 30 heavy (non-hydrogen) atoms. The maximum Gasteiger partial charge on any atom is 0.453 e. The van der Waals surface area contributed by atoms with Crippen LogP contribution in [-0.4, -0.2) is 34.1 Å². The zero-order valence-corrected chi connectivity index (χ0v) is 16.3. The highest BCUT2D eigenvalue weighted by Gasteiger charge is 2.36. The summed E-state index contributed by atoms with van der Waals surface area (Å²) in [6.07, 6.45) is -3.22. The lowest BCUT2D eigenvalue weighted by molar-refractivity contribution is -0.144. The van der Waals surface area contributed by atoms with E-state index in [0.717, 1.165) is 6.07 Å². The lowest BCUT2D eigenvalue weighted by Crippen LogP contribution is -2.20. The van der Waals surface area contributed by atoms with E-state index in [1.165, 1.54) is 24.4 Å². The predicted octanol–water partition coefficient (Wildman–Crippen LogP) is 1.68. The van der Waals surface area contributed by atoms with E-state index in [4.69, 9.17) is 22.5 Å². The van der Waals surface area contributed by atoms with Crippen LogP contribution in [0, 0.1) is 0 Å². The van der Waals surface area contributed by atoms with E-state index in [9.17, 15) is 26.4 Å². The predicted molar refractivity (Wildman–Crippen MR) is 98.9 cm³/mol. The van der Waals surface area contributed by atoms with Gasteiger partial charge in [-0.3, -0.25) is 4.79 Å². The maximum absolute atomic E-state index is 12.9. The first-order valence-corrected chi connectivity index (χ1v) is 9.89. The van der Waals surface area contributed by atoms with Gasteiger partial charge in [0.25, 0.3) is 5.82 Å². The SMILES string of the molecule is NC(=O)Cc1ccc(-n2cnc(C(F)(F)F)n2)c(S(N)(=O)=O)c1-c1cccnc1Cl. The second-order valence-electron chi connectivity index (χ2n) is 5.99. The van der Waals surface area contributed by atoms with Crippen molar-refractivity contribution in [3.8, 4) is 16.8 Å². The molecule has 4 N–H and O–H groups in total. The van der Waals surface area contributed by atoms with E-state index in [2.05, 4.69) is 15.1 Å². The summed E-state index contributed by atoms with van der Waals surface area (Å²) >= 11 is 6.11. The minimum Gasteiger partial charge on any atom is -0.369 e. The molecule has 0 saturated heterocycles. The standard InChI is InChI=1S/C16H12ClF3N6O3S/c17-14-9(2-1-5-23-14)12-8(6-11(21)27)3-4-10(13(12)30(22,28)29)26-7-24-15(25-26)16(18,19)20/h1-5,7H,6H2,(H2,21,27)(H2,22,28,29). The van der Waals surface area contributed by atoms with Crippen LogP contribution in [0.25, 0.3) is 16.8 Å². The average molecular weight is 461 g/mol. The molecule has 0 unspecified atom stereocenters. The summed E-state index contributed by atoms with van der Waals surface area (Å²) in [5.41, 5.74) is 5.00. The van der Waals surface area contributed by atoms with Crippen molar-refractivity contribution in [2.45, 2.75) is 17.5 Å². The molecule has 0 radical (unpaired) electrons. The number of halogens is 4. The molecule has 0 saturated carbocycles. The van der Waals surface area contributed by atoms with Crippen molar-refractivity contribution in [3.05, 3.63) is 53.3 Å². The van der Waals surface area contributed by atoms with Crippen LogP contribution in [0.3, 0.4) is 0 Å². The molecule has 3 rings (SSSR count). The summed E-state index contributed by atoms with van der Waals surface area (Å²) in [6.45, 7) is 0. The molecule has 9 nitrogen and oxygen atoms in total. The van der Waals surface area contributed by atoms with E-state index >= 15 is 0 Å². The van der Waals surface area contributed by atoms with Gasteiger partial charge in [0.05, 0.1) is 12.1 Å². The smallest absolute Gasteiger partial charge is 0.369 e. The van der Waals surface area contributed by atoms with Crippen LogP contribution in [0.1, 0.15) is 11.4 Å². The van der Waals surface area contributed by atoms with Gasteiger partial charge >= 0.3 is 6.18 Å². The molecule has 3 aromatic rings. The Morgan fingerprint density at radius 2 is 1.90 bits per heavy atom. The normalized spacial score (nSPS) is 12.2. The average Bonchev–Trinajstić information content (AvgIpc) is 3.11. The largest absolute Gasteiger partial charge is 0.453 e. The van der Waals surface area contributed by atoms with Gasteiger partial charge in [-0.15, -0.1) is 5.10 Å². The first-order valence-electron chi connectivity index (χ1n) is 7.96. The molecule has 0 aliphatic heterocycles. The Bertz CT molecular complexity index is 1240. The Labute approximate surface area is 172 Å². The van der Waals surface area contributed by atoms with Crippen LogP contribution < -0.4 is 10.9 Å². The summed E-state index contributed by atoms with van der Waals surface area (Å²) in [4.78, 5) is 17.9. The van der Waals surface area contributed by atoms with Crippen LogP contribution in [0.2, 0.25) is 5.15 Å². The second kappa shape index (κ2) is 7.66. The minimum atomic E-state index is -4.85.